The van der Waals surface area contributed by atoms with Gasteiger partial charge in [0.1, 0.15) is 0 Å². The maximum atomic E-state index is 12.9. The number of primary amides is 1. The Kier molecular flexibility index (Phi) is 7.87. The number of amides is 2. The number of hydrogen-bond donors (Lipinski definition) is 2. The fourth-order valence-electron chi connectivity index (χ4n) is 3.42. The summed E-state index contributed by atoms with van der Waals surface area (Å²) in [4.78, 5) is 26.7. The fourth-order valence-corrected chi connectivity index (χ4v) is 3.42. The Morgan fingerprint density at radius 3 is 2.18 bits per heavy atom. The van der Waals surface area contributed by atoms with Crippen molar-refractivity contribution in [2.75, 3.05) is 19.6 Å². The molecule has 0 aromatic carbocycles. The molecule has 0 aromatic rings. The highest BCUT2D eigenvalue weighted by Gasteiger charge is 2.35. The van der Waals surface area contributed by atoms with Crippen LogP contribution in [-0.2, 0) is 9.59 Å². The molecule has 5 heteroatoms. The molecule has 1 heterocycles. The minimum Gasteiger partial charge on any atom is -0.369 e. The largest absolute Gasteiger partial charge is 0.369 e. The number of nitrogens with two attached hydrogens (primary N) is 2. The first-order valence-electron chi connectivity index (χ1n) is 8.68. The molecule has 0 aliphatic carbocycles. The van der Waals surface area contributed by atoms with E-state index in [1.165, 1.54) is 0 Å². The molecular weight excluding hydrogens is 278 g/mol. The molecule has 1 saturated heterocycles. The van der Waals surface area contributed by atoms with Gasteiger partial charge in [0, 0.05) is 24.9 Å². The topological polar surface area (TPSA) is 89.4 Å². The van der Waals surface area contributed by atoms with Crippen LogP contribution in [-0.4, -0.2) is 36.3 Å². The highest BCUT2D eigenvalue weighted by Crippen LogP contribution is 2.28. The fraction of sp³-hybridized carbons (Fsp3) is 0.882. The van der Waals surface area contributed by atoms with Gasteiger partial charge in [-0.2, -0.15) is 0 Å². The molecule has 128 valence electrons. The van der Waals surface area contributed by atoms with Gasteiger partial charge >= 0.3 is 0 Å². The number of rotatable bonds is 8. The number of piperidine rings is 1. The molecule has 22 heavy (non-hydrogen) atoms. The van der Waals surface area contributed by atoms with Gasteiger partial charge in [-0.25, -0.2) is 0 Å². The molecule has 4 N–H and O–H groups in total. The molecule has 1 fully saturated rings. The summed E-state index contributed by atoms with van der Waals surface area (Å²) in [7, 11) is 0. The van der Waals surface area contributed by atoms with Gasteiger partial charge in [-0.15, -0.1) is 0 Å². The quantitative estimate of drug-likeness (QED) is 0.715. The van der Waals surface area contributed by atoms with E-state index in [4.69, 9.17) is 11.5 Å². The number of carbonyl (C=O) groups is 2. The average Bonchev–Trinajstić information content (AvgIpc) is 2.49. The highest BCUT2D eigenvalue weighted by molar-refractivity contribution is 5.87. The van der Waals surface area contributed by atoms with Gasteiger partial charge in [0.15, 0.2) is 0 Å². The molecule has 1 rings (SSSR count). The molecule has 2 atom stereocenters. The first-order chi connectivity index (χ1) is 10.4. The second-order valence-electron chi connectivity index (χ2n) is 7.04. The third kappa shape index (κ3) is 5.27. The van der Waals surface area contributed by atoms with Gasteiger partial charge in [0.25, 0.3) is 0 Å². The van der Waals surface area contributed by atoms with Crippen molar-refractivity contribution in [3.63, 3.8) is 0 Å². The van der Waals surface area contributed by atoms with Crippen LogP contribution in [0.15, 0.2) is 0 Å². The Morgan fingerprint density at radius 2 is 1.77 bits per heavy atom. The van der Waals surface area contributed by atoms with Crippen LogP contribution in [0, 0.1) is 23.7 Å². The van der Waals surface area contributed by atoms with Crippen LogP contribution >= 0.6 is 0 Å². The summed E-state index contributed by atoms with van der Waals surface area (Å²) >= 11 is 0. The Morgan fingerprint density at radius 1 is 1.18 bits per heavy atom. The SMILES string of the molecule is CCCC(C(N)=O)C(CC(C)C)C(=O)N1CCC(CN)CC1. The summed E-state index contributed by atoms with van der Waals surface area (Å²) in [5.74, 6) is 0.0579. The summed E-state index contributed by atoms with van der Waals surface area (Å²) < 4.78 is 0. The molecule has 0 saturated carbocycles. The Bertz CT molecular complexity index is 363. The van der Waals surface area contributed by atoms with E-state index in [-0.39, 0.29) is 23.7 Å². The van der Waals surface area contributed by atoms with Crippen molar-refractivity contribution < 1.29 is 9.59 Å². The van der Waals surface area contributed by atoms with Crippen LogP contribution in [0.2, 0.25) is 0 Å². The van der Waals surface area contributed by atoms with E-state index in [0.29, 0.717) is 24.8 Å². The minimum atomic E-state index is -0.341. The number of carbonyl (C=O) groups excluding carboxylic acids is 2. The number of likely N-dealkylation sites (tertiary alicyclic amines) is 1. The van der Waals surface area contributed by atoms with Crippen molar-refractivity contribution in [1.82, 2.24) is 4.90 Å². The zero-order valence-corrected chi connectivity index (χ0v) is 14.4. The first kappa shape index (κ1) is 18.9. The van der Waals surface area contributed by atoms with Gasteiger partial charge < -0.3 is 16.4 Å². The van der Waals surface area contributed by atoms with Crippen molar-refractivity contribution in [3.8, 4) is 0 Å². The lowest BCUT2D eigenvalue weighted by atomic mass is 9.81. The summed E-state index contributed by atoms with van der Waals surface area (Å²) in [5, 5.41) is 0. The molecule has 1 aliphatic heterocycles. The van der Waals surface area contributed by atoms with E-state index in [1.807, 2.05) is 11.8 Å². The second-order valence-corrected chi connectivity index (χ2v) is 7.04. The third-order valence-corrected chi connectivity index (χ3v) is 4.75. The first-order valence-corrected chi connectivity index (χ1v) is 8.68. The molecule has 0 spiro atoms. The van der Waals surface area contributed by atoms with Crippen LogP contribution in [0.5, 0.6) is 0 Å². The van der Waals surface area contributed by atoms with Crippen LogP contribution in [0.4, 0.5) is 0 Å². The van der Waals surface area contributed by atoms with Crippen molar-refractivity contribution >= 4 is 11.8 Å². The zero-order chi connectivity index (χ0) is 16.7. The van der Waals surface area contributed by atoms with E-state index in [0.717, 1.165) is 38.8 Å². The lowest BCUT2D eigenvalue weighted by Crippen LogP contribution is -2.47. The molecule has 2 unspecified atom stereocenters. The van der Waals surface area contributed by atoms with Crippen LogP contribution in [0.1, 0.15) is 52.9 Å². The highest BCUT2D eigenvalue weighted by atomic mass is 16.2. The maximum absolute atomic E-state index is 12.9. The minimum absolute atomic E-state index is 0.112. The summed E-state index contributed by atoms with van der Waals surface area (Å²) in [6.07, 6.45) is 4.21. The monoisotopic (exact) mass is 311 g/mol. The van der Waals surface area contributed by atoms with Crippen molar-refractivity contribution in [3.05, 3.63) is 0 Å². The summed E-state index contributed by atoms with van der Waals surface area (Å²) in [6.45, 7) is 8.41. The van der Waals surface area contributed by atoms with Gasteiger partial charge in [-0.3, -0.25) is 9.59 Å². The average molecular weight is 311 g/mol. The molecule has 0 aromatic heterocycles. The van der Waals surface area contributed by atoms with E-state index < -0.39 is 0 Å². The standard InChI is InChI=1S/C17H33N3O2/c1-4-5-14(16(19)21)15(10-12(2)3)17(22)20-8-6-13(11-18)7-9-20/h12-15H,4-11,18H2,1-3H3,(H2,19,21). The normalized spacial score (nSPS) is 19.2. The molecular formula is C17H33N3O2. The smallest absolute Gasteiger partial charge is 0.226 e. The van der Waals surface area contributed by atoms with Crippen molar-refractivity contribution in [2.45, 2.75) is 52.9 Å². The predicted octanol–water partition coefficient (Wildman–Crippen LogP) is 1.75. The molecule has 0 bridgehead atoms. The van der Waals surface area contributed by atoms with E-state index in [2.05, 4.69) is 13.8 Å². The van der Waals surface area contributed by atoms with Crippen molar-refractivity contribution in [2.24, 2.45) is 35.1 Å². The second kappa shape index (κ2) is 9.13. The van der Waals surface area contributed by atoms with Gasteiger partial charge in [-0.05, 0) is 44.1 Å². The summed E-state index contributed by atoms with van der Waals surface area (Å²) in [6, 6.07) is 0. The van der Waals surface area contributed by atoms with Crippen LogP contribution < -0.4 is 11.5 Å². The Hall–Kier alpha value is -1.10. The van der Waals surface area contributed by atoms with Crippen LogP contribution in [0.25, 0.3) is 0 Å². The lowest BCUT2D eigenvalue weighted by Gasteiger charge is -2.36. The van der Waals surface area contributed by atoms with E-state index in [9.17, 15) is 9.59 Å². The van der Waals surface area contributed by atoms with E-state index >= 15 is 0 Å². The Labute approximate surface area is 134 Å². The van der Waals surface area contributed by atoms with E-state index in [1.54, 1.807) is 0 Å². The number of nitrogens with zero attached hydrogens (tertiary/aromatic N) is 1. The predicted molar refractivity (Wildman–Crippen MR) is 88.9 cm³/mol. The zero-order valence-electron chi connectivity index (χ0n) is 14.4. The molecule has 5 nitrogen and oxygen atoms in total. The van der Waals surface area contributed by atoms with Gasteiger partial charge in [0.2, 0.25) is 11.8 Å². The van der Waals surface area contributed by atoms with Gasteiger partial charge in [0.05, 0.1) is 0 Å². The maximum Gasteiger partial charge on any atom is 0.226 e. The molecule has 1 aliphatic rings. The summed E-state index contributed by atoms with van der Waals surface area (Å²) in [5.41, 5.74) is 11.3. The number of hydrogen-bond acceptors (Lipinski definition) is 3. The van der Waals surface area contributed by atoms with Gasteiger partial charge in [-0.1, -0.05) is 27.2 Å². The Balaban J connectivity index is 2.81. The van der Waals surface area contributed by atoms with Crippen molar-refractivity contribution in [1.29, 1.82) is 0 Å². The molecule has 2 amide bonds. The third-order valence-electron chi connectivity index (χ3n) is 4.75. The molecule has 0 radical (unpaired) electrons. The lowest BCUT2D eigenvalue weighted by molar-refractivity contribution is -0.143. The van der Waals surface area contributed by atoms with Crippen LogP contribution in [0.3, 0.4) is 0 Å².